The largest absolute Gasteiger partial charge is 0.508 e. The fraction of sp³-hybridized carbons (Fsp3) is 0.308. The molecule has 5 nitrogen and oxygen atoms in total. The summed E-state index contributed by atoms with van der Waals surface area (Å²) in [6, 6.07) is 6.68. The zero-order valence-corrected chi connectivity index (χ0v) is 12.6. The van der Waals surface area contributed by atoms with Crippen molar-refractivity contribution >= 4 is 28.8 Å². The number of phenols is 1. The molecule has 0 spiro atoms. The van der Waals surface area contributed by atoms with Crippen LogP contribution >= 0.6 is 22.9 Å². The van der Waals surface area contributed by atoms with Gasteiger partial charge in [-0.25, -0.2) is 0 Å². The number of hydrogen-bond acceptors (Lipinski definition) is 5. The maximum atomic E-state index is 12.4. The molecule has 0 fully saturated rings. The number of nitrogens with zero attached hydrogens (tertiary/aromatic N) is 3. The quantitative estimate of drug-likeness (QED) is 0.942. The van der Waals surface area contributed by atoms with E-state index in [1.807, 2.05) is 19.9 Å². The average Bonchev–Trinajstić information content (AvgIpc) is 2.86. The van der Waals surface area contributed by atoms with Crippen molar-refractivity contribution in [3.63, 3.8) is 0 Å². The van der Waals surface area contributed by atoms with Crippen molar-refractivity contribution in [3.8, 4) is 5.75 Å². The van der Waals surface area contributed by atoms with E-state index >= 15 is 0 Å². The summed E-state index contributed by atoms with van der Waals surface area (Å²) in [7, 11) is 0. The first kappa shape index (κ1) is 14.7. The van der Waals surface area contributed by atoms with Gasteiger partial charge in [0.25, 0.3) is 5.91 Å². The van der Waals surface area contributed by atoms with E-state index in [1.54, 1.807) is 23.1 Å². The Bertz CT molecular complexity index is 617. The van der Waals surface area contributed by atoms with Crippen LogP contribution in [0.15, 0.2) is 24.3 Å². The average molecular weight is 312 g/mol. The molecule has 0 aliphatic rings. The second-order valence-corrected chi connectivity index (χ2v) is 5.78. The molecule has 106 valence electrons. The minimum Gasteiger partial charge on any atom is -0.508 e. The Morgan fingerprint density at radius 2 is 2.25 bits per heavy atom. The van der Waals surface area contributed by atoms with Crippen LogP contribution in [0.1, 0.15) is 35.3 Å². The number of rotatable bonds is 4. The molecule has 0 radical (unpaired) electrons. The van der Waals surface area contributed by atoms with Gasteiger partial charge in [-0.1, -0.05) is 23.5 Å². The Balaban J connectivity index is 2.25. The van der Waals surface area contributed by atoms with Gasteiger partial charge in [0.05, 0.1) is 6.04 Å². The van der Waals surface area contributed by atoms with Crippen molar-refractivity contribution in [3.05, 3.63) is 39.3 Å². The highest BCUT2D eigenvalue weighted by Gasteiger charge is 2.24. The van der Waals surface area contributed by atoms with Gasteiger partial charge in [0, 0.05) is 6.54 Å². The van der Waals surface area contributed by atoms with Crippen LogP contribution < -0.4 is 0 Å². The zero-order chi connectivity index (χ0) is 14.7. The molecule has 1 unspecified atom stereocenters. The lowest BCUT2D eigenvalue weighted by atomic mass is 10.1. The summed E-state index contributed by atoms with van der Waals surface area (Å²) in [5.74, 6) is -0.0374. The van der Waals surface area contributed by atoms with Crippen LogP contribution in [0.4, 0.5) is 0 Å². The third-order valence-electron chi connectivity index (χ3n) is 3.00. The fourth-order valence-electron chi connectivity index (χ4n) is 1.97. The van der Waals surface area contributed by atoms with Crippen molar-refractivity contribution in [1.29, 1.82) is 0 Å². The third-order valence-corrected chi connectivity index (χ3v) is 4.01. The zero-order valence-electron chi connectivity index (χ0n) is 11.1. The molecule has 1 N–H and O–H groups in total. The number of amides is 1. The molecule has 1 amide bonds. The van der Waals surface area contributed by atoms with Crippen molar-refractivity contribution in [2.45, 2.75) is 19.9 Å². The van der Waals surface area contributed by atoms with E-state index in [2.05, 4.69) is 10.2 Å². The van der Waals surface area contributed by atoms with Gasteiger partial charge >= 0.3 is 0 Å². The van der Waals surface area contributed by atoms with Crippen LogP contribution in [0.3, 0.4) is 0 Å². The molecule has 7 heteroatoms. The molecular formula is C13H14ClN3O2S. The third kappa shape index (κ3) is 3.08. The summed E-state index contributed by atoms with van der Waals surface area (Å²) in [5, 5.41) is 17.2. The summed E-state index contributed by atoms with van der Waals surface area (Å²) in [6.45, 7) is 4.31. The first-order valence-corrected chi connectivity index (χ1v) is 7.31. The second kappa shape index (κ2) is 6.19. The SMILES string of the molecule is CCN(C(=O)c1nnc(Cl)s1)C(C)c1cccc(O)c1. The molecule has 0 saturated carbocycles. The molecular weight excluding hydrogens is 298 g/mol. The maximum absolute atomic E-state index is 12.4. The number of halogens is 1. The van der Waals surface area contributed by atoms with Crippen molar-refractivity contribution < 1.29 is 9.90 Å². The highest BCUT2D eigenvalue weighted by molar-refractivity contribution is 7.17. The number of hydrogen-bond donors (Lipinski definition) is 1. The molecule has 20 heavy (non-hydrogen) atoms. The van der Waals surface area contributed by atoms with Gasteiger partial charge in [-0.05, 0) is 43.1 Å². The van der Waals surface area contributed by atoms with Gasteiger partial charge < -0.3 is 10.0 Å². The number of aromatic nitrogens is 2. The lowest BCUT2D eigenvalue weighted by molar-refractivity contribution is 0.0701. The number of carbonyl (C=O) groups is 1. The Morgan fingerprint density at radius 1 is 1.50 bits per heavy atom. The highest BCUT2D eigenvalue weighted by Crippen LogP contribution is 2.26. The number of carbonyl (C=O) groups excluding carboxylic acids is 1. The smallest absolute Gasteiger partial charge is 0.285 e. The van der Waals surface area contributed by atoms with E-state index in [9.17, 15) is 9.90 Å². The second-order valence-electron chi connectivity index (χ2n) is 4.22. The van der Waals surface area contributed by atoms with E-state index in [0.29, 0.717) is 6.54 Å². The lowest BCUT2D eigenvalue weighted by Crippen LogP contribution is -2.33. The van der Waals surface area contributed by atoms with Crippen molar-refractivity contribution in [2.75, 3.05) is 6.54 Å². The maximum Gasteiger partial charge on any atom is 0.285 e. The Labute approximate surface area is 125 Å². The normalized spacial score (nSPS) is 12.2. The van der Waals surface area contributed by atoms with Crippen LogP contribution in [-0.4, -0.2) is 32.7 Å². The first-order valence-electron chi connectivity index (χ1n) is 6.11. The topological polar surface area (TPSA) is 66.3 Å². The van der Waals surface area contributed by atoms with Gasteiger partial charge in [-0.3, -0.25) is 4.79 Å². The molecule has 1 aromatic heterocycles. The van der Waals surface area contributed by atoms with E-state index in [-0.39, 0.29) is 27.2 Å². The molecule has 1 heterocycles. The molecule has 0 saturated heterocycles. The standard InChI is InChI=1S/C13H14ClN3O2S/c1-3-17(12(19)11-15-16-13(14)20-11)8(2)9-5-4-6-10(18)7-9/h4-8,18H,3H2,1-2H3. The molecule has 0 aliphatic heterocycles. The lowest BCUT2D eigenvalue weighted by Gasteiger charge is -2.27. The number of aromatic hydroxyl groups is 1. The fourth-order valence-corrected chi connectivity index (χ4v) is 2.76. The number of benzene rings is 1. The Hall–Kier alpha value is -1.66. The highest BCUT2D eigenvalue weighted by atomic mass is 35.5. The summed E-state index contributed by atoms with van der Waals surface area (Å²) in [6.07, 6.45) is 0. The minimum absolute atomic E-state index is 0.178. The molecule has 0 bridgehead atoms. The minimum atomic E-state index is -0.215. The summed E-state index contributed by atoms with van der Waals surface area (Å²) >= 11 is 6.77. The van der Waals surface area contributed by atoms with Crippen LogP contribution in [0, 0.1) is 0 Å². The predicted octanol–water partition coefficient (Wildman–Crippen LogP) is 3.12. The summed E-state index contributed by atoms with van der Waals surface area (Å²) in [4.78, 5) is 14.1. The Morgan fingerprint density at radius 3 is 2.80 bits per heavy atom. The predicted molar refractivity (Wildman–Crippen MR) is 78.2 cm³/mol. The van der Waals surface area contributed by atoms with Gasteiger partial charge in [-0.2, -0.15) is 0 Å². The van der Waals surface area contributed by atoms with Crippen LogP contribution in [-0.2, 0) is 0 Å². The molecule has 2 aromatic rings. The van der Waals surface area contributed by atoms with Crippen LogP contribution in [0.5, 0.6) is 5.75 Å². The van der Waals surface area contributed by atoms with E-state index in [4.69, 9.17) is 11.6 Å². The summed E-state index contributed by atoms with van der Waals surface area (Å²) < 4.78 is 0.245. The first-order chi connectivity index (χ1) is 9.52. The van der Waals surface area contributed by atoms with Gasteiger partial charge in [0.1, 0.15) is 5.75 Å². The molecule has 0 aliphatic carbocycles. The summed E-state index contributed by atoms with van der Waals surface area (Å²) in [5.41, 5.74) is 0.857. The van der Waals surface area contributed by atoms with Crippen LogP contribution in [0.25, 0.3) is 0 Å². The molecule has 1 atom stereocenters. The van der Waals surface area contributed by atoms with Gasteiger partial charge in [0.2, 0.25) is 9.47 Å². The van der Waals surface area contributed by atoms with E-state index < -0.39 is 0 Å². The Kier molecular flexibility index (Phi) is 4.57. The number of phenolic OH excluding ortho intramolecular Hbond substituents is 1. The molecule has 2 rings (SSSR count). The van der Waals surface area contributed by atoms with Crippen LogP contribution in [0.2, 0.25) is 4.47 Å². The van der Waals surface area contributed by atoms with Crippen molar-refractivity contribution in [1.82, 2.24) is 15.1 Å². The van der Waals surface area contributed by atoms with Gasteiger partial charge in [-0.15, -0.1) is 10.2 Å². The molecule has 1 aromatic carbocycles. The van der Waals surface area contributed by atoms with E-state index in [0.717, 1.165) is 16.9 Å². The monoisotopic (exact) mass is 311 g/mol. The van der Waals surface area contributed by atoms with Gasteiger partial charge in [0.15, 0.2) is 0 Å². The van der Waals surface area contributed by atoms with Crippen molar-refractivity contribution in [2.24, 2.45) is 0 Å². The van der Waals surface area contributed by atoms with E-state index in [1.165, 1.54) is 0 Å².